The summed E-state index contributed by atoms with van der Waals surface area (Å²) in [5, 5.41) is 3.64. The minimum absolute atomic E-state index is 0.744. The topological polar surface area (TPSA) is 0 Å². The van der Waals surface area contributed by atoms with Crippen molar-refractivity contribution in [3.8, 4) is 0 Å². The Balaban J connectivity index is 1.24. The van der Waals surface area contributed by atoms with Gasteiger partial charge in [0.25, 0.3) is 0 Å². The predicted octanol–water partition coefficient (Wildman–Crippen LogP) is 8.02. The summed E-state index contributed by atoms with van der Waals surface area (Å²) in [7, 11) is 17.6. The molecule has 0 nitrogen and oxygen atoms in total. The van der Waals surface area contributed by atoms with Crippen molar-refractivity contribution >= 4 is 133 Å². The first-order valence-corrected chi connectivity index (χ1v) is 22.7. The van der Waals surface area contributed by atoms with Gasteiger partial charge in [-0.3, -0.25) is 0 Å². The molecule has 27 heavy (non-hydrogen) atoms. The third-order valence-corrected chi connectivity index (χ3v) is 25.3. The second-order valence-electron chi connectivity index (χ2n) is 6.50. The van der Waals surface area contributed by atoms with Gasteiger partial charge in [-0.1, -0.05) is 86.4 Å². The summed E-state index contributed by atoms with van der Waals surface area (Å²) in [5.74, 6) is 11.0. The zero-order chi connectivity index (χ0) is 18.3. The minimum Gasteiger partial charge on any atom is -0.160 e. The van der Waals surface area contributed by atoms with Crippen molar-refractivity contribution in [1.29, 1.82) is 0 Å². The van der Waals surface area contributed by atoms with Gasteiger partial charge in [-0.15, -0.1) is 0 Å². The van der Waals surface area contributed by atoms with Crippen LogP contribution in [0.25, 0.3) is 0 Å². The van der Waals surface area contributed by atoms with Gasteiger partial charge in [0.2, 0.25) is 0 Å². The predicted molar refractivity (Wildman–Crippen MR) is 157 cm³/mol. The third-order valence-electron chi connectivity index (χ3n) is 4.01. The molecule has 0 spiro atoms. The van der Waals surface area contributed by atoms with Crippen LogP contribution < -0.4 is 0 Å². The van der Waals surface area contributed by atoms with Gasteiger partial charge >= 0.3 is 0 Å². The largest absolute Gasteiger partial charge is 0.160 e. The monoisotopic (exact) mass is 588 g/mol. The van der Waals surface area contributed by atoms with E-state index in [-0.39, 0.29) is 0 Å². The molecule has 156 valence electrons. The first kappa shape index (κ1) is 24.3. The molecule has 4 aliphatic rings. The molecule has 0 aromatic rings. The molecule has 0 N–H and O–H groups in total. The molecule has 4 rings (SSSR count). The molecular formula is C15H24S12. The van der Waals surface area contributed by atoms with Gasteiger partial charge in [-0.2, -0.15) is 47.0 Å². The fourth-order valence-corrected chi connectivity index (χ4v) is 23.0. The van der Waals surface area contributed by atoms with Gasteiger partial charge in [0.1, 0.15) is 0 Å². The lowest BCUT2D eigenvalue weighted by Gasteiger charge is -2.31. The molecule has 0 aromatic heterocycles. The number of hydrogen-bond donors (Lipinski definition) is 0. The van der Waals surface area contributed by atoms with Crippen LogP contribution in [0.5, 0.6) is 0 Å². The molecule has 0 saturated carbocycles. The molecule has 12 heteroatoms. The van der Waals surface area contributed by atoms with Crippen molar-refractivity contribution in [1.82, 2.24) is 0 Å². The van der Waals surface area contributed by atoms with E-state index in [4.69, 9.17) is 0 Å². The molecule has 4 fully saturated rings. The highest BCUT2D eigenvalue weighted by Gasteiger charge is 2.29. The van der Waals surface area contributed by atoms with E-state index in [1.54, 1.807) is 0 Å². The van der Waals surface area contributed by atoms with Crippen LogP contribution in [0.4, 0.5) is 0 Å². The second kappa shape index (κ2) is 13.8. The Morgan fingerprint density at radius 1 is 0.481 bits per heavy atom. The van der Waals surface area contributed by atoms with Crippen molar-refractivity contribution < 1.29 is 0 Å². The SMILES string of the molecule is C1SCC1SSC(CC(SSC1CSC1)SSC1CSC1)SSC1CSC1. The quantitative estimate of drug-likeness (QED) is 0.142. The average Bonchev–Trinajstić information content (AvgIpc) is 2.48. The van der Waals surface area contributed by atoms with E-state index in [0.29, 0.717) is 0 Å². The Hall–Kier alpha value is 4.20. The lowest BCUT2D eigenvalue weighted by molar-refractivity contribution is 1.04. The summed E-state index contributed by atoms with van der Waals surface area (Å²) in [6, 6.07) is 0. The summed E-state index contributed by atoms with van der Waals surface area (Å²) in [4.78, 5) is 0. The van der Waals surface area contributed by atoms with E-state index in [1.165, 1.54) is 52.4 Å². The Labute approximate surface area is 213 Å². The van der Waals surface area contributed by atoms with Crippen LogP contribution in [0.3, 0.4) is 0 Å². The van der Waals surface area contributed by atoms with Crippen LogP contribution in [0.2, 0.25) is 0 Å². The van der Waals surface area contributed by atoms with Crippen molar-refractivity contribution in [3.63, 3.8) is 0 Å². The van der Waals surface area contributed by atoms with Crippen LogP contribution in [-0.2, 0) is 0 Å². The van der Waals surface area contributed by atoms with Gasteiger partial charge in [-0.25, -0.2) is 0 Å². The van der Waals surface area contributed by atoms with E-state index in [9.17, 15) is 0 Å². The maximum Gasteiger partial charge on any atom is 0.0729 e. The van der Waals surface area contributed by atoms with Crippen LogP contribution in [0, 0.1) is 0 Å². The summed E-state index contributed by atoms with van der Waals surface area (Å²) < 4.78 is 1.49. The van der Waals surface area contributed by atoms with Gasteiger partial charge in [0.05, 0.1) is 9.16 Å². The third kappa shape index (κ3) is 8.81. The van der Waals surface area contributed by atoms with E-state index >= 15 is 0 Å². The van der Waals surface area contributed by atoms with Gasteiger partial charge in [0.15, 0.2) is 0 Å². The Morgan fingerprint density at radius 3 is 0.926 bits per heavy atom. The molecule has 0 radical (unpaired) electrons. The van der Waals surface area contributed by atoms with Gasteiger partial charge in [-0.05, 0) is 6.42 Å². The Bertz CT molecular complexity index is 349. The molecule has 0 bridgehead atoms. The Morgan fingerprint density at radius 2 is 0.741 bits per heavy atom. The normalized spacial score (nSPS) is 24.7. The summed E-state index contributed by atoms with van der Waals surface area (Å²) >= 11 is 8.46. The van der Waals surface area contributed by atoms with Crippen LogP contribution >= 0.6 is 133 Å². The smallest absolute Gasteiger partial charge is 0.0729 e. The zero-order valence-corrected chi connectivity index (χ0v) is 24.5. The first-order valence-electron chi connectivity index (χ1n) is 8.94. The number of rotatable bonds is 14. The maximum atomic E-state index is 2.20. The van der Waals surface area contributed by atoms with Gasteiger partial charge < -0.3 is 0 Å². The van der Waals surface area contributed by atoms with E-state index in [1.807, 2.05) is 0 Å². The van der Waals surface area contributed by atoms with E-state index in [2.05, 4.69) is 133 Å². The summed E-state index contributed by atoms with van der Waals surface area (Å²) in [5.41, 5.74) is 0. The molecule has 0 unspecified atom stereocenters. The molecule has 0 atom stereocenters. The molecule has 4 heterocycles. The molecule has 0 amide bonds. The lowest BCUT2D eigenvalue weighted by atomic mass is 10.5. The summed E-state index contributed by atoms with van der Waals surface area (Å²) in [6.07, 6.45) is 1.35. The number of hydrogen-bond acceptors (Lipinski definition) is 12. The average molecular weight is 589 g/mol. The summed E-state index contributed by atoms with van der Waals surface area (Å²) in [6.45, 7) is 0. The van der Waals surface area contributed by atoms with Crippen molar-refractivity contribution in [2.75, 3.05) is 46.0 Å². The van der Waals surface area contributed by atoms with Crippen LogP contribution in [-0.4, -0.2) is 76.2 Å². The highest BCUT2D eigenvalue weighted by atomic mass is 33.1. The molecule has 4 saturated heterocycles. The molecule has 0 aromatic carbocycles. The Kier molecular flexibility index (Phi) is 12.4. The molecule has 0 aliphatic carbocycles. The highest BCUT2D eigenvalue weighted by molar-refractivity contribution is 8.86. The first-order chi connectivity index (χ1) is 13.3. The van der Waals surface area contributed by atoms with E-state index < -0.39 is 0 Å². The van der Waals surface area contributed by atoms with Crippen LogP contribution in [0.15, 0.2) is 0 Å². The lowest BCUT2D eigenvalue weighted by Crippen LogP contribution is -2.22. The minimum atomic E-state index is 0.744. The fourth-order valence-electron chi connectivity index (χ4n) is 1.99. The standard InChI is InChI=1S/C15H24S12/c1(14(24-20-10-2-16-3-10)25-21-11-4-17-5-11)15(26-22-12-6-18-7-12)27-23-13-8-19-9-13/h10-15H,1-9H2. The van der Waals surface area contributed by atoms with Crippen molar-refractivity contribution in [3.05, 3.63) is 0 Å². The van der Waals surface area contributed by atoms with Crippen LogP contribution in [0.1, 0.15) is 6.42 Å². The van der Waals surface area contributed by atoms with Gasteiger partial charge in [0, 0.05) is 67.0 Å². The zero-order valence-electron chi connectivity index (χ0n) is 14.7. The second-order valence-corrected chi connectivity index (χ2v) is 22.5. The van der Waals surface area contributed by atoms with Crippen molar-refractivity contribution in [2.45, 2.75) is 36.6 Å². The number of thioether (sulfide) groups is 4. The molecular weight excluding hydrogens is 565 g/mol. The fraction of sp³-hybridized carbons (Fsp3) is 1.00. The van der Waals surface area contributed by atoms with Crippen molar-refractivity contribution in [2.24, 2.45) is 0 Å². The highest BCUT2D eigenvalue weighted by Crippen LogP contribution is 2.54. The maximum absolute atomic E-state index is 2.20. The van der Waals surface area contributed by atoms with E-state index in [0.717, 1.165) is 30.2 Å². The molecule has 4 aliphatic heterocycles.